The van der Waals surface area contributed by atoms with Crippen molar-refractivity contribution in [2.75, 3.05) is 13.6 Å². The molecule has 1 aromatic rings. The Balaban J connectivity index is 1.89. The first kappa shape index (κ1) is 15.0. The molecule has 108 valence electrons. The Morgan fingerprint density at radius 3 is 2.80 bits per heavy atom. The minimum absolute atomic E-state index is 0.0257. The summed E-state index contributed by atoms with van der Waals surface area (Å²) in [6.45, 7) is 2.50. The molecule has 1 N–H and O–H groups in total. The van der Waals surface area contributed by atoms with E-state index >= 15 is 0 Å². The fourth-order valence-electron chi connectivity index (χ4n) is 2.44. The number of nitrogens with zero attached hydrogens (tertiary/aromatic N) is 1. The van der Waals surface area contributed by atoms with Crippen molar-refractivity contribution in [2.45, 2.75) is 25.8 Å². The van der Waals surface area contributed by atoms with Crippen molar-refractivity contribution in [3.63, 3.8) is 0 Å². The number of amides is 2. The van der Waals surface area contributed by atoms with Crippen molar-refractivity contribution in [2.24, 2.45) is 5.92 Å². The SMILES string of the molecule is C[C@@H](Cc1ccccc1Br)NC(=O)[C@@H]1CC(=O)N(C)C1. The molecule has 0 aliphatic carbocycles. The third-order valence-corrected chi connectivity index (χ3v) is 4.36. The lowest BCUT2D eigenvalue weighted by molar-refractivity contribution is -0.128. The van der Waals surface area contributed by atoms with E-state index < -0.39 is 0 Å². The lowest BCUT2D eigenvalue weighted by atomic mass is 10.0. The van der Waals surface area contributed by atoms with Crippen LogP contribution >= 0.6 is 15.9 Å². The van der Waals surface area contributed by atoms with Crippen LogP contribution in [0.15, 0.2) is 28.7 Å². The molecule has 5 heteroatoms. The zero-order valence-corrected chi connectivity index (χ0v) is 13.3. The molecule has 2 amide bonds. The van der Waals surface area contributed by atoms with Gasteiger partial charge in [-0.15, -0.1) is 0 Å². The Hall–Kier alpha value is -1.36. The molecule has 0 spiro atoms. The van der Waals surface area contributed by atoms with E-state index in [9.17, 15) is 9.59 Å². The number of hydrogen-bond acceptors (Lipinski definition) is 2. The summed E-state index contributed by atoms with van der Waals surface area (Å²) in [6.07, 6.45) is 1.09. The predicted molar refractivity (Wildman–Crippen MR) is 81.2 cm³/mol. The first-order chi connectivity index (χ1) is 9.47. The lowest BCUT2D eigenvalue weighted by Crippen LogP contribution is -2.39. The molecule has 1 fully saturated rings. The maximum atomic E-state index is 12.1. The zero-order chi connectivity index (χ0) is 14.7. The first-order valence-corrected chi connectivity index (χ1v) is 7.54. The van der Waals surface area contributed by atoms with Crippen LogP contribution in [0.5, 0.6) is 0 Å². The topological polar surface area (TPSA) is 49.4 Å². The van der Waals surface area contributed by atoms with Crippen molar-refractivity contribution in [1.82, 2.24) is 10.2 Å². The van der Waals surface area contributed by atoms with Crippen LogP contribution in [0.1, 0.15) is 18.9 Å². The monoisotopic (exact) mass is 338 g/mol. The second-order valence-corrected chi connectivity index (χ2v) is 6.23. The van der Waals surface area contributed by atoms with Crippen LogP contribution in [0, 0.1) is 5.92 Å². The van der Waals surface area contributed by atoms with Crippen LogP contribution in [-0.2, 0) is 16.0 Å². The molecule has 0 radical (unpaired) electrons. The maximum absolute atomic E-state index is 12.1. The summed E-state index contributed by atoms with van der Waals surface area (Å²) in [4.78, 5) is 25.2. The Labute approximate surface area is 127 Å². The molecule has 20 heavy (non-hydrogen) atoms. The quantitative estimate of drug-likeness (QED) is 0.912. The highest BCUT2D eigenvalue weighted by Crippen LogP contribution is 2.19. The van der Waals surface area contributed by atoms with Gasteiger partial charge < -0.3 is 10.2 Å². The normalized spacial score (nSPS) is 20.1. The van der Waals surface area contributed by atoms with E-state index in [0.29, 0.717) is 13.0 Å². The highest BCUT2D eigenvalue weighted by Gasteiger charge is 2.32. The minimum atomic E-state index is -0.214. The molecule has 2 atom stereocenters. The number of nitrogens with one attached hydrogen (secondary N) is 1. The zero-order valence-electron chi connectivity index (χ0n) is 11.7. The molecular weight excluding hydrogens is 320 g/mol. The van der Waals surface area contributed by atoms with Crippen molar-refractivity contribution < 1.29 is 9.59 Å². The van der Waals surface area contributed by atoms with E-state index in [0.717, 1.165) is 10.9 Å². The largest absolute Gasteiger partial charge is 0.353 e. The summed E-state index contributed by atoms with van der Waals surface area (Å²) in [5.74, 6) is -0.194. The highest BCUT2D eigenvalue weighted by molar-refractivity contribution is 9.10. The van der Waals surface area contributed by atoms with Gasteiger partial charge in [0.2, 0.25) is 11.8 Å². The molecule has 0 aromatic heterocycles. The molecule has 1 aliphatic heterocycles. The van der Waals surface area contributed by atoms with Gasteiger partial charge in [-0.2, -0.15) is 0 Å². The smallest absolute Gasteiger partial charge is 0.225 e. The van der Waals surface area contributed by atoms with Crippen molar-refractivity contribution in [1.29, 1.82) is 0 Å². The number of carbonyl (C=O) groups is 2. The van der Waals surface area contributed by atoms with E-state index in [2.05, 4.69) is 21.2 Å². The lowest BCUT2D eigenvalue weighted by Gasteiger charge is -2.17. The molecule has 0 unspecified atom stereocenters. The van der Waals surface area contributed by atoms with Gasteiger partial charge in [0.15, 0.2) is 0 Å². The molecule has 1 heterocycles. The van der Waals surface area contributed by atoms with Gasteiger partial charge in [0.1, 0.15) is 0 Å². The van der Waals surface area contributed by atoms with Crippen LogP contribution < -0.4 is 5.32 Å². The summed E-state index contributed by atoms with van der Waals surface area (Å²) in [7, 11) is 1.74. The molecular formula is C15H19BrN2O2. The van der Waals surface area contributed by atoms with Gasteiger partial charge in [-0.05, 0) is 25.0 Å². The van der Waals surface area contributed by atoms with Crippen molar-refractivity contribution >= 4 is 27.7 Å². The van der Waals surface area contributed by atoms with E-state index in [1.165, 1.54) is 5.56 Å². The maximum Gasteiger partial charge on any atom is 0.225 e. The molecule has 0 bridgehead atoms. The average Bonchev–Trinajstić information content (AvgIpc) is 2.72. The number of benzene rings is 1. The summed E-state index contributed by atoms with van der Waals surface area (Å²) >= 11 is 3.51. The number of hydrogen-bond donors (Lipinski definition) is 1. The van der Waals surface area contributed by atoms with Crippen LogP contribution in [0.4, 0.5) is 0 Å². The van der Waals surface area contributed by atoms with Gasteiger partial charge in [-0.25, -0.2) is 0 Å². The second-order valence-electron chi connectivity index (χ2n) is 5.38. The van der Waals surface area contributed by atoms with Gasteiger partial charge >= 0.3 is 0 Å². The van der Waals surface area contributed by atoms with Gasteiger partial charge in [0, 0.05) is 30.5 Å². The summed E-state index contributed by atoms with van der Waals surface area (Å²) in [5, 5.41) is 3.00. The van der Waals surface area contributed by atoms with Crippen molar-refractivity contribution in [3.05, 3.63) is 34.3 Å². The Bertz CT molecular complexity index is 518. The molecule has 2 rings (SSSR count). The Morgan fingerprint density at radius 1 is 1.50 bits per heavy atom. The van der Waals surface area contributed by atoms with E-state index in [4.69, 9.17) is 0 Å². The fraction of sp³-hybridized carbons (Fsp3) is 0.467. The number of likely N-dealkylation sites (tertiary alicyclic amines) is 1. The molecule has 0 saturated carbocycles. The number of rotatable bonds is 4. The Morgan fingerprint density at radius 2 is 2.20 bits per heavy atom. The average molecular weight is 339 g/mol. The van der Waals surface area contributed by atoms with Crippen molar-refractivity contribution in [3.8, 4) is 0 Å². The molecule has 1 saturated heterocycles. The second kappa shape index (κ2) is 6.39. The number of halogens is 1. The van der Waals surface area contributed by atoms with E-state index in [1.807, 2.05) is 31.2 Å². The van der Waals surface area contributed by atoms with Gasteiger partial charge in [-0.1, -0.05) is 34.1 Å². The molecule has 1 aliphatic rings. The molecule has 1 aromatic carbocycles. The van der Waals surface area contributed by atoms with Crippen LogP contribution in [0.3, 0.4) is 0 Å². The van der Waals surface area contributed by atoms with Crippen LogP contribution in [-0.4, -0.2) is 36.3 Å². The van der Waals surface area contributed by atoms with Crippen LogP contribution in [0.2, 0.25) is 0 Å². The third kappa shape index (κ3) is 3.60. The fourth-order valence-corrected chi connectivity index (χ4v) is 2.89. The first-order valence-electron chi connectivity index (χ1n) is 6.75. The van der Waals surface area contributed by atoms with E-state index in [-0.39, 0.29) is 23.8 Å². The van der Waals surface area contributed by atoms with Crippen LogP contribution in [0.25, 0.3) is 0 Å². The predicted octanol–water partition coefficient (Wildman–Crippen LogP) is 1.97. The summed E-state index contributed by atoms with van der Waals surface area (Å²) < 4.78 is 1.05. The summed E-state index contributed by atoms with van der Waals surface area (Å²) in [5.41, 5.74) is 1.17. The third-order valence-electron chi connectivity index (χ3n) is 3.58. The van der Waals surface area contributed by atoms with Gasteiger partial charge in [-0.3, -0.25) is 9.59 Å². The van der Waals surface area contributed by atoms with E-state index in [1.54, 1.807) is 11.9 Å². The molecule has 4 nitrogen and oxygen atoms in total. The minimum Gasteiger partial charge on any atom is -0.353 e. The number of carbonyl (C=O) groups excluding carboxylic acids is 2. The Kier molecular flexibility index (Phi) is 4.81. The van der Waals surface area contributed by atoms with Gasteiger partial charge in [0.25, 0.3) is 0 Å². The highest BCUT2D eigenvalue weighted by atomic mass is 79.9. The van der Waals surface area contributed by atoms with Gasteiger partial charge in [0.05, 0.1) is 5.92 Å². The summed E-state index contributed by atoms with van der Waals surface area (Å²) in [6, 6.07) is 8.03. The standard InChI is InChI=1S/C15H19BrN2O2/c1-10(7-11-5-3-4-6-13(11)16)17-15(20)12-8-14(19)18(2)9-12/h3-6,10,12H,7-9H2,1-2H3,(H,17,20)/t10-,12+/m0/s1.